The summed E-state index contributed by atoms with van der Waals surface area (Å²) >= 11 is 0. The molecule has 0 aromatic carbocycles. The molecule has 0 saturated heterocycles. The molecule has 1 unspecified atom stereocenters. The van der Waals surface area contributed by atoms with E-state index >= 15 is 0 Å². The lowest BCUT2D eigenvalue weighted by molar-refractivity contribution is -0.143. The second-order valence-corrected chi connectivity index (χ2v) is 4.83. The van der Waals surface area contributed by atoms with Gasteiger partial charge in [0, 0.05) is 18.9 Å². The summed E-state index contributed by atoms with van der Waals surface area (Å²) in [4.78, 5) is 17.8. The third kappa shape index (κ3) is 6.12. The predicted octanol–water partition coefficient (Wildman–Crippen LogP) is 1.10. The molecule has 0 radical (unpaired) electrons. The number of ether oxygens (including phenoxy) is 1. The van der Waals surface area contributed by atoms with Crippen LogP contribution in [0.25, 0.3) is 0 Å². The van der Waals surface area contributed by atoms with Crippen LogP contribution < -0.4 is 5.32 Å². The molecule has 1 N–H and O–H groups in total. The number of hydrogen-bond donors (Lipinski definition) is 1. The van der Waals surface area contributed by atoms with Crippen LogP contribution in [-0.4, -0.2) is 55.7 Å². The van der Waals surface area contributed by atoms with Crippen LogP contribution in [0.15, 0.2) is 24.5 Å². The molecule has 1 aromatic heterocycles. The molecule has 0 aliphatic carbocycles. The van der Waals surface area contributed by atoms with E-state index in [1.165, 1.54) is 12.7 Å². The molecular weight excluding hydrogens is 254 g/mol. The fourth-order valence-electron chi connectivity index (χ4n) is 2.02. The second kappa shape index (κ2) is 9.44. The van der Waals surface area contributed by atoms with Gasteiger partial charge in [-0.25, -0.2) is 0 Å². The van der Waals surface area contributed by atoms with Gasteiger partial charge in [-0.15, -0.1) is 0 Å². The first-order valence-corrected chi connectivity index (χ1v) is 7.06. The maximum absolute atomic E-state index is 11.6. The Morgan fingerprint density at radius 2 is 2.10 bits per heavy atom. The largest absolute Gasteiger partial charge is 0.468 e. The normalized spacial score (nSPS) is 12.4. The predicted molar refractivity (Wildman–Crippen MR) is 79.5 cm³/mol. The standard InChI is InChI=1S/C15H25N3O2/c1-4-17-14(15(19)20-3)8-12-18(2)11-7-13-5-9-16-10-6-13/h5-6,9-10,14,17H,4,7-8,11-12H2,1-3H3. The molecule has 1 rings (SSSR count). The van der Waals surface area contributed by atoms with Gasteiger partial charge in [-0.1, -0.05) is 6.92 Å². The summed E-state index contributed by atoms with van der Waals surface area (Å²) in [5.41, 5.74) is 1.28. The van der Waals surface area contributed by atoms with E-state index < -0.39 is 0 Å². The highest BCUT2D eigenvalue weighted by atomic mass is 16.5. The molecule has 1 aromatic rings. The summed E-state index contributed by atoms with van der Waals surface area (Å²) < 4.78 is 4.80. The number of hydrogen-bond acceptors (Lipinski definition) is 5. The van der Waals surface area contributed by atoms with Gasteiger partial charge < -0.3 is 15.0 Å². The highest BCUT2D eigenvalue weighted by molar-refractivity contribution is 5.75. The summed E-state index contributed by atoms with van der Waals surface area (Å²) in [6.07, 6.45) is 5.37. The average molecular weight is 279 g/mol. The first-order chi connectivity index (χ1) is 9.67. The second-order valence-electron chi connectivity index (χ2n) is 4.83. The minimum absolute atomic E-state index is 0.186. The van der Waals surface area contributed by atoms with Crippen LogP contribution in [0.5, 0.6) is 0 Å². The highest BCUT2D eigenvalue weighted by Crippen LogP contribution is 2.01. The van der Waals surface area contributed by atoms with Crippen LogP contribution in [0.2, 0.25) is 0 Å². The summed E-state index contributed by atoms with van der Waals surface area (Å²) in [6, 6.07) is 3.85. The molecule has 1 heterocycles. The molecular formula is C15H25N3O2. The lowest BCUT2D eigenvalue weighted by Gasteiger charge is -2.20. The van der Waals surface area contributed by atoms with Gasteiger partial charge in [0.05, 0.1) is 7.11 Å². The topological polar surface area (TPSA) is 54.5 Å². The zero-order chi connectivity index (χ0) is 14.8. The van der Waals surface area contributed by atoms with Gasteiger partial charge in [0.15, 0.2) is 0 Å². The maximum atomic E-state index is 11.6. The Kier molecular flexibility index (Phi) is 7.84. The van der Waals surface area contributed by atoms with Crippen LogP contribution in [0.1, 0.15) is 18.9 Å². The Balaban J connectivity index is 2.30. The van der Waals surface area contributed by atoms with Gasteiger partial charge in [0.1, 0.15) is 6.04 Å². The molecule has 0 amide bonds. The summed E-state index contributed by atoms with van der Waals surface area (Å²) in [5, 5.41) is 3.15. The number of esters is 1. The van der Waals surface area contributed by atoms with Crippen molar-refractivity contribution in [2.24, 2.45) is 0 Å². The van der Waals surface area contributed by atoms with Gasteiger partial charge in [0.2, 0.25) is 0 Å². The number of methoxy groups -OCH3 is 1. The third-order valence-electron chi connectivity index (χ3n) is 3.27. The van der Waals surface area contributed by atoms with Gasteiger partial charge in [-0.3, -0.25) is 9.78 Å². The van der Waals surface area contributed by atoms with Crippen molar-refractivity contribution in [3.8, 4) is 0 Å². The van der Waals surface area contributed by atoms with Crippen molar-refractivity contribution in [1.29, 1.82) is 0 Å². The zero-order valence-electron chi connectivity index (χ0n) is 12.6. The fraction of sp³-hybridized carbons (Fsp3) is 0.600. The molecule has 0 fully saturated rings. The van der Waals surface area contributed by atoms with E-state index in [9.17, 15) is 4.79 Å². The number of carbonyl (C=O) groups excluding carboxylic acids is 1. The monoisotopic (exact) mass is 279 g/mol. The van der Waals surface area contributed by atoms with E-state index in [4.69, 9.17) is 4.74 Å². The van der Waals surface area contributed by atoms with Gasteiger partial charge in [-0.2, -0.15) is 0 Å². The molecule has 112 valence electrons. The molecule has 0 aliphatic rings. The fourth-order valence-corrected chi connectivity index (χ4v) is 2.02. The van der Waals surface area contributed by atoms with E-state index in [1.54, 1.807) is 0 Å². The van der Waals surface area contributed by atoms with Crippen LogP contribution >= 0.6 is 0 Å². The van der Waals surface area contributed by atoms with Crippen LogP contribution in [0.3, 0.4) is 0 Å². The molecule has 0 saturated carbocycles. The number of aromatic nitrogens is 1. The Hall–Kier alpha value is -1.46. The minimum Gasteiger partial charge on any atom is -0.468 e. The number of carbonyl (C=O) groups is 1. The smallest absolute Gasteiger partial charge is 0.322 e. The quantitative estimate of drug-likeness (QED) is 0.686. The van der Waals surface area contributed by atoms with Crippen molar-refractivity contribution in [3.05, 3.63) is 30.1 Å². The first-order valence-electron chi connectivity index (χ1n) is 7.06. The SMILES string of the molecule is CCNC(CCN(C)CCc1ccncc1)C(=O)OC. The van der Waals surface area contributed by atoms with Crippen LogP contribution in [0.4, 0.5) is 0 Å². The molecule has 0 bridgehead atoms. The van der Waals surface area contributed by atoms with Crippen molar-refractivity contribution < 1.29 is 9.53 Å². The van der Waals surface area contributed by atoms with Crippen molar-refractivity contribution in [2.45, 2.75) is 25.8 Å². The van der Waals surface area contributed by atoms with E-state index in [2.05, 4.69) is 22.2 Å². The Morgan fingerprint density at radius 1 is 1.40 bits per heavy atom. The van der Waals surface area contributed by atoms with Crippen LogP contribution in [-0.2, 0) is 16.0 Å². The Labute approximate surface area is 121 Å². The molecule has 1 atom stereocenters. The number of nitrogens with zero attached hydrogens (tertiary/aromatic N) is 2. The van der Waals surface area contributed by atoms with Gasteiger partial charge in [0.25, 0.3) is 0 Å². The molecule has 0 spiro atoms. The lowest BCUT2D eigenvalue weighted by Crippen LogP contribution is -2.40. The van der Waals surface area contributed by atoms with Crippen molar-refractivity contribution in [2.75, 3.05) is 33.8 Å². The van der Waals surface area contributed by atoms with E-state index in [-0.39, 0.29) is 12.0 Å². The molecule has 5 heteroatoms. The van der Waals surface area contributed by atoms with Crippen molar-refractivity contribution in [3.63, 3.8) is 0 Å². The Morgan fingerprint density at radius 3 is 2.70 bits per heavy atom. The van der Waals surface area contributed by atoms with E-state index in [1.807, 2.05) is 31.5 Å². The summed E-state index contributed by atoms with van der Waals surface area (Å²) in [6.45, 7) is 4.57. The summed E-state index contributed by atoms with van der Waals surface area (Å²) in [7, 11) is 3.50. The maximum Gasteiger partial charge on any atom is 0.322 e. The van der Waals surface area contributed by atoms with Gasteiger partial charge >= 0.3 is 5.97 Å². The highest BCUT2D eigenvalue weighted by Gasteiger charge is 2.17. The first kappa shape index (κ1) is 16.6. The lowest BCUT2D eigenvalue weighted by atomic mass is 10.1. The van der Waals surface area contributed by atoms with Crippen molar-refractivity contribution >= 4 is 5.97 Å². The van der Waals surface area contributed by atoms with E-state index in [0.717, 1.165) is 32.5 Å². The van der Waals surface area contributed by atoms with E-state index in [0.29, 0.717) is 0 Å². The van der Waals surface area contributed by atoms with Crippen LogP contribution in [0, 0.1) is 0 Å². The van der Waals surface area contributed by atoms with Crippen molar-refractivity contribution in [1.82, 2.24) is 15.2 Å². The molecule has 0 aliphatic heterocycles. The molecule has 5 nitrogen and oxygen atoms in total. The number of likely N-dealkylation sites (N-methyl/N-ethyl adjacent to an activating group) is 2. The average Bonchev–Trinajstić information content (AvgIpc) is 2.49. The zero-order valence-corrected chi connectivity index (χ0v) is 12.6. The van der Waals surface area contributed by atoms with Gasteiger partial charge in [-0.05, 0) is 50.7 Å². The number of pyridine rings is 1. The summed E-state index contributed by atoms with van der Waals surface area (Å²) in [5.74, 6) is -0.186. The minimum atomic E-state index is -0.214. The number of nitrogens with one attached hydrogen (secondary N) is 1. The molecule has 20 heavy (non-hydrogen) atoms. The third-order valence-corrected chi connectivity index (χ3v) is 3.27. The number of rotatable bonds is 9. The Bertz CT molecular complexity index is 384.